The van der Waals surface area contributed by atoms with Gasteiger partial charge in [0.1, 0.15) is 24.1 Å². The quantitative estimate of drug-likeness (QED) is 0.180. The highest BCUT2D eigenvalue weighted by Crippen LogP contribution is 2.42. The normalized spacial score (nSPS) is 16.2. The molecule has 0 saturated heterocycles. The molecule has 6 nitrogen and oxygen atoms in total. The van der Waals surface area contributed by atoms with E-state index in [9.17, 15) is 10.2 Å². The fourth-order valence-electron chi connectivity index (χ4n) is 1.19. The first kappa shape index (κ1) is 23.0. The summed E-state index contributed by atoms with van der Waals surface area (Å²) in [4.78, 5) is 0. The Kier molecular flexibility index (Phi) is 15.5. The Morgan fingerprint density at radius 2 is 1.22 bits per heavy atom. The third kappa shape index (κ3) is 13.0. The summed E-state index contributed by atoms with van der Waals surface area (Å²) in [6.45, 7) is 11.7. The molecule has 0 aromatic rings. The van der Waals surface area contributed by atoms with Crippen molar-refractivity contribution in [1.82, 2.24) is 0 Å². The number of aliphatic hydroxyl groups excluding tert-OH is 2. The minimum absolute atomic E-state index is 0.356. The van der Waals surface area contributed by atoms with Gasteiger partial charge in [-0.2, -0.15) is 0 Å². The molecule has 4 atom stereocenters. The zero-order valence-corrected chi connectivity index (χ0v) is 15.9. The van der Waals surface area contributed by atoms with Crippen LogP contribution in [0.25, 0.3) is 0 Å². The maximum absolute atomic E-state index is 9.71. The average Bonchev–Trinajstić information content (AvgIpc) is 2.51. The van der Waals surface area contributed by atoms with Crippen molar-refractivity contribution in [2.75, 3.05) is 26.4 Å². The molecular formula is C14H26O6S3. The second-order valence-corrected chi connectivity index (χ2v) is 8.53. The van der Waals surface area contributed by atoms with Crippen molar-refractivity contribution in [2.45, 2.75) is 36.9 Å². The van der Waals surface area contributed by atoms with Gasteiger partial charge in [0.25, 0.3) is 0 Å². The molecule has 0 heterocycles. The first-order valence-electron chi connectivity index (χ1n) is 7.06. The van der Waals surface area contributed by atoms with Gasteiger partial charge in [0, 0.05) is 0 Å². The van der Waals surface area contributed by atoms with E-state index in [4.69, 9.17) is 18.9 Å². The number of hydrogen-bond acceptors (Lipinski definition) is 9. The Hall–Kier alpha value is -0.0300. The maximum atomic E-state index is 9.71. The molecule has 0 rings (SSSR count). The molecule has 0 aliphatic rings. The molecule has 0 spiro atoms. The van der Waals surface area contributed by atoms with Gasteiger partial charge in [0.15, 0.2) is 0 Å². The molecule has 0 aromatic carbocycles. The third-order valence-corrected chi connectivity index (χ3v) is 6.88. The summed E-state index contributed by atoms with van der Waals surface area (Å²) >= 11 is 0. The van der Waals surface area contributed by atoms with Gasteiger partial charge in [-0.05, 0) is 45.3 Å². The standard InChI is InChI=1S/C14H26O6S3/c1-5-17-7-9-19-13(11(3)15)21-23-22-14(12(4)16)20-10-8-18-6-2/h5-6,11-16H,1-2,7-10H2,3-4H3. The van der Waals surface area contributed by atoms with Crippen molar-refractivity contribution in [2.24, 2.45) is 0 Å². The smallest absolute Gasteiger partial charge is 0.139 e. The summed E-state index contributed by atoms with van der Waals surface area (Å²) in [5, 5.41) is 19.4. The van der Waals surface area contributed by atoms with E-state index < -0.39 is 23.1 Å². The van der Waals surface area contributed by atoms with Gasteiger partial charge in [-0.1, -0.05) is 13.2 Å². The van der Waals surface area contributed by atoms with E-state index >= 15 is 0 Å². The van der Waals surface area contributed by atoms with Gasteiger partial charge in [-0.3, -0.25) is 0 Å². The Balaban J connectivity index is 4.04. The highest BCUT2D eigenvalue weighted by Gasteiger charge is 2.21. The van der Waals surface area contributed by atoms with Crippen LogP contribution >= 0.6 is 31.4 Å². The lowest BCUT2D eigenvalue weighted by molar-refractivity contribution is 0.00677. The predicted octanol–water partition coefficient (Wildman–Crippen LogP) is 2.78. The lowest BCUT2D eigenvalue weighted by Crippen LogP contribution is -2.25. The van der Waals surface area contributed by atoms with Gasteiger partial charge in [-0.25, -0.2) is 0 Å². The molecule has 23 heavy (non-hydrogen) atoms. The van der Waals surface area contributed by atoms with Crippen molar-refractivity contribution in [1.29, 1.82) is 0 Å². The van der Waals surface area contributed by atoms with Crippen LogP contribution in [0, 0.1) is 0 Å². The van der Waals surface area contributed by atoms with E-state index in [-0.39, 0.29) is 0 Å². The zero-order chi connectivity index (χ0) is 17.5. The van der Waals surface area contributed by atoms with Crippen LogP contribution in [0.5, 0.6) is 0 Å². The molecule has 0 aliphatic heterocycles. The van der Waals surface area contributed by atoms with E-state index in [1.54, 1.807) is 13.8 Å². The largest absolute Gasteiger partial charge is 0.499 e. The van der Waals surface area contributed by atoms with Crippen LogP contribution in [0.2, 0.25) is 0 Å². The van der Waals surface area contributed by atoms with E-state index in [2.05, 4.69) is 13.2 Å². The molecule has 4 unspecified atom stereocenters. The van der Waals surface area contributed by atoms with Gasteiger partial charge in [0.2, 0.25) is 0 Å². The first-order chi connectivity index (χ1) is 11.0. The van der Waals surface area contributed by atoms with E-state index in [0.717, 1.165) is 0 Å². The molecule has 0 aliphatic carbocycles. The van der Waals surface area contributed by atoms with Crippen molar-refractivity contribution < 1.29 is 29.2 Å². The van der Waals surface area contributed by atoms with Crippen LogP contribution in [-0.2, 0) is 18.9 Å². The van der Waals surface area contributed by atoms with Crippen LogP contribution in [-0.4, -0.2) is 59.7 Å². The summed E-state index contributed by atoms with van der Waals surface area (Å²) in [5.41, 5.74) is -0.806. The average molecular weight is 387 g/mol. The number of hydrogen-bond donors (Lipinski definition) is 2. The monoisotopic (exact) mass is 386 g/mol. The second-order valence-electron chi connectivity index (χ2n) is 4.29. The fourth-order valence-corrected chi connectivity index (χ4v) is 5.71. The lowest BCUT2D eigenvalue weighted by atomic mass is 10.4. The SMILES string of the molecule is C=COCCOC(SSSC(OCCOC=C)C(C)O)C(C)O. The Morgan fingerprint density at radius 1 is 0.826 bits per heavy atom. The topological polar surface area (TPSA) is 77.4 Å². The summed E-state index contributed by atoms with van der Waals surface area (Å²) in [6.07, 6.45) is 1.42. The molecule has 0 amide bonds. The van der Waals surface area contributed by atoms with E-state index in [0.29, 0.717) is 26.4 Å². The molecule has 0 aromatic heterocycles. The molecular weight excluding hydrogens is 360 g/mol. The van der Waals surface area contributed by atoms with E-state index in [1.807, 2.05) is 0 Å². The van der Waals surface area contributed by atoms with Crippen molar-refractivity contribution in [3.05, 3.63) is 25.7 Å². The van der Waals surface area contributed by atoms with E-state index in [1.165, 1.54) is 43.9 Å². The lowest BCUT2D eigenvalue weighted by Gasteiger charge is -2.22. The zero-order valence-electron chi connectivity index (χ0n) is 13.5. The van der Waals surface area contributed by atoms with Crippen LogP contribution in [0.3, 0.4) is 0 Å². The van der Waals surface area contributed by atoms with Crippen molar-refractivity contribution >= 4 is 31.4 Å². The fraction of sp³-hybridized carbons (Fsp3) is 0.714. The minimum atomic E-state index is -0.635. The molecule has 2 N–H and O–H groups in total. The number of aliphatic hydroxyl groups is 2. The third-order valence-electron chi connectivity index (χ3n) is 2.26. The van der Waals surface area contributed by atoms with Gasteiger partial charge >= 0.3 is 0 Å². The first-order valence-corrected chi connectivity index (χ1v) is 10.7. The number of ether oxygens (including phenoxy) is 4. The Labute approximate surface area is 149 Å². The minimum Gasteiger partial charge on any atom is -0.499 e. The van der Waals surface area contributed by atoms with Crippen LogP contribution in [0.4, 0.5) is 0 Å². The molecule has 0 radical (unpaired) electrons. The van der Waals surface area contributed by atoms with Crippen LogP contribution < -0.4 is 0 Å². The van der Waals surface area contributed by atoms with Crippen molar-refractivity contribution in [3.8, 4) is 0 Å². The molecule has 0 saturated carbocycles. The Morgan fingerprint density at radius 3 is 1.52 bits per heavy atom. The molecule has 136 valence electrons. The Bertz CT molecular complexity index is 276. The summed E-state index contributed by atoms with van der Waals surface area (Å²) in [6, 6.07) is 0. The van der Waals surface area contributed by atoms with Crippen LogP contribution in [0.15, 0.2) is 25.7 Å². The number of rotatable bonds is 16. The molecule has 0 bridgehead atoms. The summed E-state index contributed by atoms with van der Waals surface area (Å²) in [5.74, 6) is 0. The van der Waals surface area contributed by atoms with Crippen molar-refractivity contribution in [3.63, 3.8) is 0 Å². The highest BCUT2D eigenvalue weighted by molar-refractivity contribution is 9.09. The predicted molar refractivity (Wildman–Crippen MR) is 97.9 cm³/mol. The summed E-state index contributed by atoms with van der Waals surface area (Å²) in [7, 11) is 4.12. The summed E-state index contributed by atoms with van der Waals surface area (Å²) < 4.78 is 21.0. The van der Waals surface area contributed by atoms with Gasteiger partial charge in [0.05, 0.1) is 37.9 Å². The van der Waals surface area contributed by atoms with Gasteiger partial charge < -0.3 is 29.2 Å². The molecule has 0 fully saturated rings. The molecule has 9 heteroatoms. The van der Waals surface area contributed by atoms with Gasteiger partial charge in [-0.15, -0.1) is 0 Å². The highest BCUT2D eigenvalue weighted by atomic mass is 33.5. The second kappa shape index (κ2) is 15.5. The van der Waals surface area contributed by atoms with Crippen LogP contribution in [0.1, 0.15) is 13.8 Å². The maximum Gasteiger partial charge on any atom is 0.139 e.